The molecule has 0 aliphatic heterocycles. The van der Waals surface area contributed by atoms with Crippen LogP contribution in [0.15, 0.2) is 72.8 Å². The quantitative estimate of drug-likeness (QED) is 0.249. The van der Waals surface area contributed by atoms with Crippen molar-refractivity contribution in [2.45, 2.75) is 56.0 Å². The molecule has 30 heavy (non-hydrogen) atoms. The number of aryl methyl sites for hydroxylation is 3. The van der Waals surface area contributed by atoms with Crippen molar-refractivity contribution < 1.29 is 0 Å². The van der Waals surface area contributed by atoms with Crippen LogP contribution >= 0.6 is 47.8 Å². The Hall–Kier alpha value is -0.900. The molecular formula is C27H33Br3. The zero-order valence-electron chi connectivity index (χ0n) is 18.3. The van der Waals surface area contributed by atoms with E-state index in [1.54, 1.807) is 0 Å². The second kappa shape index (κ2) is 16.8. The highest BCUT2D eigenvalue weighted by Gasteiger charge is 1.95. The van der Waals surface area contributed by atoms with E-state index >= 15 is 0 Å². The molecule has 162 valence electrons. The van der Waals surface area contributed by atoms with Crippen molar-refractivity contribution in [3.63, 3.8) is 0 Å². The predicted molar refractivity (Wildman–Crippen MR) is 145 cm³/mol. The maximum absolute atomic E-state index is 3.45. The van der Waals surface area contributed by atoms with Gasteiger partial charge in [-0.2, -0.15) is 0 Å². The summed E-state index contributed by atoms with van der Waals surface area (Å²) in [7, 11) is 0. The number of halogens is 3. The van der Waals surface area contributed by atoms with E-state index in [0.717, 1.165) is 35.3 Å². The Morgan fingerprint density at radius 2 is 1.00 bits per heavy atom. The summed E-state index contributed by atoms with van der Waals surface area (Å²) in [6.45, 7) is 6.53. The molecule has 0 saturated carbocycles. The molecule has 0 radical (unpaired) electrons. The largest absolute Gasteiger partial charge is 0.0876 e. The van der Waals surface area contributed by atoms with Crippen molar-refractivity contribution in [2.24, 2.45) is 0 Å². The molecule has 0 saturated heterocycles. The molecule has 0 unspecified atom stereocenters. The summed E-state index contributed by atoms with van der Waals surface area (Å²) >= 11 is 10.3. The lowest BCUT2D eigenvalue weighted by molar-refractivity contribution is 1.10. The van der Waals surface area contributed by atoms with Gasteiger partial charge in [0.2, 0.25) is 0 Å². The lowest BCUT2D eigenvalue weighted by Gasteiger charge is -2.01. The van der Waals surface area contributed by atoms with Gasteiger partial charge in [0, 0.05) is 16.0 Å². The third-order valence-corrected chi connectivity index (χ3v) is 6.68. The lowest BCUT2D eigenvalue weighted by atomic mass is 10.1. The van der Waals surface area contributed by atoms with Crippen LogP contribution in [-0.2, 0) is 35.3 Å². The van der Waals surface area contributed by atoms with Crippen LogP contribution in [0.4, 0.5) is 0 Å². The maximum atomic E-state index is 3.45. The van der Waals surface area contributed by atoms with E-state index < -0.39 is 0 Å². The van der Waals surface area contributed by atoms with Crippen molar-refractivity contribution >= 4 is 47.8 Å². The Morgan fingerprint density at radius 1 is 0.467 bits per heavy atom. The second-order valence-corrected chi connectivity index (χ2v) is 8.55. The summed E-state index contributed by atoms with van der Waals surface area (Å²) in [4.78, 5) is 0. The average molecular weight is 597 g/mol. The Bertz CT molecular complexity index is 760. The molecule has 0 bridgehead atoms. The second-order valence-electron chi connectivity index (χ2n) is 6.87. The van der Waals surface area contributed by atoms with E-state index in [1.807, 2.05) is 0 Å². The minimum atomic E-state index is 0.955. The third-order valence-electron chi connectivity index (χ3n) is 4.78. The molecule has 0 aliphatic carbocycles. The minimum absolute atomic E-state index is 0.955. The van der Waals surface area contributed by atoms with Gasteiger partial charge in [-0.15, -0.1) is 0 Å². The summed E-state index contributed by atoms with van der Waals surface area (Å²) < 4.78 is 0. The SMILES string of the molecule is CCc1ccc(CBr)cc1.CCc1cccc(CBr)c1.CCc1ccccc1CBr. The van der Waals surface area contributed by atoms with Gasteiger partial charge >= 0.3 is 0 Å². The molecule has 0 spiro atoms. The van der Waals surface area contributed by atoms with Crippen molar-refractivity contribution in [3.8, 4) is 0 Å². The van der Waals surface area contributed by atoms with Gasteiger partial charge in [0.15, 0.2) is 0 Å². The molecule has 0 aromatic heterocycles. The Balaban J connectivity index is 0.000000225. The lowest BCUT2D eigenvalue weighted by Crippen LogP contribution is -1.86. The predicted octanol–water partition coefficient (Wildman–Crippen LogP) is 9.43. The fourth-order valence-corrected chi connectivity index (χ4v) is 4.10. The van der Waals surface area contributed by atoms with E-state index in [2.05, 4.69) is 141 Å². The summed E-state index contributed by atoms with van der Waals surface area (Å²) in [6.07, 6.45) is 3.38. The van der Waals surface area contributed by atoms with Crippen molar-refractivity contribution in [3.05, 3.63) is 106 Å². The first-order chi connectivity index (χ1) is 14.6. The number of benzene rings is 3. The molecule has 0 atom stereocenters. The van der Waals surface area contributed by atoms with Crippen LogP contribution in [0.2, 0.25) is 0 Å². The van der Waals surface area contributed by atoms with Gasteiger partial charge in [0.1, 0.15) is 0 Å². The number of hydrogen-bond donors (Lipinski definition) is 0. The smallest absolute Gasteiger partial charge is 0.0285 e. The first-order valence-electron chi connectivity index (χ1n) is 10.5. The summed E-state index contributed by atoms with van der Waals surface area (Å²) in [5.74, 6) is 0. The monoisotopic (exact) mass is 594 g/mol. The van der Waals surface area contributed by atoms with Gasteiger partial charge in [-0.25, -0.2) is 0 Å². The first-order valence-corrected chi connectivity index (χ1v) is 13.9. The van der Waals surface area contributed by atoms with Gasteiger partial charge < -0.3 is 0 Å². The highest BCUT2D eigenvalue weighted by atomic mass is 79.9. The van der Waals surface area contributed by atoms with Crippen LogP contribution in [0.25, 0.3) is 0 Å². The van der Waals surface area contributed by atoms with Gasteiger partial charge in [-0.1, -0.05) is 141 Å². The highest BCUT2D eigenvalue weighted by Crippen LogP contribution is 2.12. The number of hydrogen-bond acceptors (Lipinski definition) is 0. The molecule has 0 N–H and O–H groups in total. The maximum Gasteiger partial charge on any atom is 0.0285 e. The third kappa shape index (κ3) is 10.4. The Kier molecular flexibility index (Phi) is 15.2. The van der Waals surface area contributed by atoms with E-state index in [4.69, 9.17) is 0 Å². The van der Waals surface area contributed by atoms with Crippen molar-refractivity contribution in [1.82, 2.24) is 0 Å². The molecule has 3 aromatic carbocycles. The topological polar surface area (TPSA) is 0 Å². The zero-order chi connectivity index (χ0) is 22.2. The van der Waals surface area contributed by atoms with Crippen LogP contribution in [0.1, 0.15) is 54.2 Å². The van der Waals surface area contributed by atoms with Crippen LogP contribution in [0.3, 0.4) is 0 Å². The van der Waals surface area contributed by atoms with Crippen molar-refractivity contribution in [2.75, 3.05) is 0 Å². The Morgan fingerprint density at radius 3 is 1.47 bits per heavy atom. The first kappa shape index (κ1) is 27.1. The normalized spacial score (nSPS) is 9.80. The van der Waals surface area contributed by atoms with Crippen LogP contribution in [0.5, 0.6) is 0 Å². The van der Waals surface area contributed by atoms with E-state index in [-0.39, 0.29) is 0 Å². The molecule has 0 fully saturated rings. The average Bonchev–Trinajstić information content (AvgIpc) is 2.84. The van der Waals surface area contributed by atoms with E-state index in [0.29, 0.717) is 0 Å². The summed E-state index contributed by atoms with van der Waals surface area (Å²) in [6, 6.07) is 25.8. The molecule has 3 rings (SSSR count). The molecule has 0 amide bonds. The summed E-state index contributed by atoms with van der Waals surface area (Å²) in [5.41, 5.74) is 8.38. The van der Waals surface area contributed by atoms with Gasteiger partial charge in [-0.05, 0) is 52.6 Å². The fraction of sp³-hybridized carbons (Fsp3) is 0.333. The molecule has 3 heteroatoms. The van der Waals surface area contributed by atoms with E-state index in [9.17, 15) is 0 Å². The highest BCUT2D eigenvalue weighted by molar-refractivity contribution is 9.09. The minimum Gasteiger partial charge on any atom is -0.0876 e. The van der Waals surface area contributed by atoms with Gasteiger partial charge in [0.25, 0.3) is 0 Å². The number of alkyl halides is 3. The fourth-order valence-electron chi connectivity index (χ4n) is 2.83. The molecule has 0 heterocycles. The van der Waals surface area contributed by atoms with Crippen LogP contribution in [0, 0.1) is 0 Å². The van der Waals surface area contributed by atoms with Gasteiger partial charge in [0.05, 0.1) is 0 Å². The van der Waals surface area contributed by atoms with Crippen LogP contribution in [-0.4, -0.2) is 0 Å². The van der Waals surface area contributed by atoms with Crippen molar-refractivity contribution in [1.29, 1.82) is 0 Å². The van der Waals surface area contributed by atoms with Crippen LogP contribution < -0.4 is 0 Å². The summed E-state index contributed by atoms with van der Waals surface area (Å²) in [5, 5.41) is 2.88. The standard InChI is InChI=1S/3C9H11Br/c1-2-8-3-5-9(7-10)6-4-8;1-2-8-4-3-5-9(6-8)7-10;1-2-8-5-3-4-6-9(8)7-10/h3*3-6H,2,7H2,1H3. The molecule has 0 aliphatic rings. The number of rotatable bonds is 6. The van der Waals surface area contributed by atoms with Gasteiger partial charge in [-0.3, -0.25) is 0 Å². The molecule has 3 aromatic rings. The zero-order valence-corrected chi connectivity index (χ0v) is 23.1. The molecule has 0 nitrogen and oxygen atoms in total. The Labute approximate surface area is 208 Å². The van der Waals surface area contributed by atoms with E-state index in [1.165, 1.54) is 33.4 Å². The molecular weight excluding hydrogens is 564 g/mol.